The quantitative estimate of drug-likeness (QED) is 0.581. The van der Waals surface area contributed by atoms with Crippen LogP contribution in [0.3, 0.4) is 0 Å². The third-order valence-corrected chi connectivity index (χ3v) is 2.23. The Kier molecular flexibility index (Phi) is 1.36. The molecule has 0 aliphatic rings. The van der Waals surface area contributed by atoms with Crippen molar-refractivity contribution in [2.24, 2.45) is 0 Å². The number of rotatable bonds is 0. The second-order valence-corrected chi connectivity index (χ2v) is 2.93. The van der Waals surface area contributed by atoms with E-state index in [4.69, 9.17) is 0 Å². The number of nitrogens with zero attached hydrogens (tertiary/aromatic N) is 4. The third kappa shape index (κ3) is 0.809. The molecule has 2 rings (SSSR count). The van der Waals surface area contributed by atoms with Crippen LogP contribution in [0.1, 0.15) is 16.8 Å². The van der Waals surface area contributed by atoms with Gasteiger partial charge in [0.25, 0.3) is 0 Å². The van der Waals surface area contributed by atoms with Crippen molar-refractivity contribution in [3.05, 3.63) is 23.1 Å². The Morgan fingerprint density at radius 2 is 1.92 bits per heavy atom. The molecular weight excluding hydrogens is 152 g/mol. The summed E-state index contributed by atoms with van der Waals surface area (Å²) >= 11 is 0. The molecule has 4 heteroatoms. The van der Waals surface area contributed by atoms with Crippen LogP contribution in [0.2, 0.25) is 0 Å². The van der Waals surface area contributed by atoms with Gasteiger partial charge < -0.3 is 0 Å². The molecule has 0 unspecified atom stereocenters. The van der Waals surface area contributed by atoms with Gasteiger partial charge in [0, 0.05) is 5.56 Å². The number of hydrogen-bond donors (Lipinski definition) is 0. The van der Waals surface area contributed by atoms with Crippen LogP contribution in [0, 0.1) is 20.8 Å². The molecule has 0 bridgehead atoms. The van der Waals surface area contributed by atoms with E-state index in [1.54, 1.807) is 10.8 Å². The molecule has 0 aliphatic heterocycles. The molecule has 0 fully saturated rings. The van der Waals surface area contributed by atoms with Crippen molar-refractivity contribution < 1.29 is 0 Å². The number of aryl methyl sites for hydroxylation is 2. The van der Waals surface area contributed by atoms with E-state index in [2.05, 4.69) is 15.3 Å². The van der Waals surface area contributed by atoms with Gasteiger partial charge >= 0.3 is 0 Å². The zero-order chi connectivity index (χ0) is 8.72. The summed E-state index contributed by atoms with van der Waals surface area (Å²) in [5.41, 5.74) is 4.22. The lowest BCUT2D eigenvalue weighted by atomic mass is 10.1. The summed E-state index contributed by atoms with van der Waals surface area (Å²) in [4.78, 5) is 0. The van der Waals surface area contributed by atoms with Crippen molar-refractivity contribution >= 4 is 5.65 Å². The first-order valence-electron chi connectivity index (χ1n) is 3.84. The van der Waals surface area contributed by atoms with Gasteiger partial charge in [-0.25, -0.2) is 4.52 Å². The van der Waals surface area contributed by atoms with Crippen LogP contribution in [0.4, 0.5) is 0 Å². The van der Waals surface area contributed by atoms with E-state index >= 15 is 0 Å². The minimum Gasteiger partial charge on any atom is -0.200 e. The number of fused-ring (bicyclic) bond motifs is 1. The highest BCUT2D eigenvalue weighted by Gasteiger charge is 2.05. The van der Waals surface area contributed by atoms with Gasteiger partial charge in [0.2, 0.25) is 0 Å². The van der Waals surface area contributed by atoms with Gasteiger partial charge in [-0.3, -0.25) is 0 Å². The maximum Gasteiger partial charge on any atom is 0.180 e. The second kappa shape index (κ2) is 2.27. The standard InChI is InChI=1S/C8H10N4/c1-5-6(2)8-10-9-4-12(8)11-7(5)3/h4H,1-3H3. The summed E-state index contributed by atoms with van der Waals surface area (Å²) < 4.78 is 1.71. The van der Waals surface area contributed by atoms with E-state index in [1.165, 1.54) is 5.56 Å². The Labute approximate surface area is 70.2 Å². The highest BCUT2D eigenvalue weighted by Crippen LogP contribution is 2.12. The molecule has 0 N–H and O–H groups in total. The third-order valence-electron chi connectivity index (χ3n) is 2.23. The molecule has 0 aliphatic carbocycles. The SMILES string of the molecule is Cc1nn2cnnc2c(C)c1C. The molecule has 0 amide bonds. The highest BCUT2D eigenvalue weighted by molar-refractivity contribution is 5.49. The second-order valence-electron chi connectivity index (χ2n) is 2.93. The van der Waals surface area contributed by atoms with Crippen molar-refractivity contribution in [1.82, 2.24) is 19.8 Å². The monoisotopic (exact) mass is 162 g/mol. The number of hydrogen-bond acceptors (Lipinski definition) is 3. The molecule has 62 valence electrons. The summed E-state index contributed by atoms with van der Waals surface area (Å²) in [7, 11) is 0. The Morgan fingerprint density at radius 1 is 1.17 bits per heavy atom. The molecule has 2 heterocycles. The van der Waals surface area contributed by atoms with Crippen LogP contribution in [-0.2, 0) is 0 Å². The lowest BCUT2D eigenvalue weighted by Gasteiger charge is -2.03. The normalized spacial score (nSPS) is 10.9. The zero-order valence-corrected chi connectivity index (χ0v) is 7.37. The molecule has 0 saturated carbocycles. The first-order chi connectivity index (χ1) is 5.70. The van der Waals surface area contributed by atoms with Crippen molar-refractivity contribution in [1.29, 1.82) is 0 Å². The van der Waals surface area contributed by atoms with Crippen molar-refractivity contribution in [2.75, 3.05) is 0 Å². The van der Waals surface area contributed by atoms with E-state index < -0.39 is 0 Å². The fourth-order valence-electron chi connectivity index (χ4n) is 1.23. The summed E-state index contributed by atoms with van der Waals surface area (Å²) in [5, 5.41) is 12.1. The van der Waals surface area contributed by atoms with Crippen molar-refractivity contribution in [3.8, 4) is 0 Å². The maximum atomic E-state index is 4.29. The van der Waals surface area contributed by atoms with Crippen LogP contribution < -0.4 is 0 Å². The van der Waals surface area contributed by atoms with E-state index in [9.17, 15) is 0 Å². The van der Waals surface area contributed by atoms with Gasteiger partial charge in [0.1, 0.15) is 6.33 Å². The Morgan fingerprint density at radius 3 is 2.67 bits per heavy atom. The van der Waals surface area contributed by atoms with Crippen LogP contribution in [-0.4, -0.2) is 19.8 Å². The van der Waals surface area contributed by atoms with Crippen LogP contribution in [0.5, 0.6) is 0 Å². The van der Waals surface area contributed by atoms with E-state index in [0.717, 1.165) is 16.9 Å². The average Bonchev–Trinajstić information content (AvgIpc) is 2.48. The van der Waals surface area contributed by atoms with Gasteiger partial charge in [-0.05, 0) is 26.3 Å². The lowest BCUT2D eigenvalue weighted by molar-refractivity contribution is 0.875. The van der Waals surface area contributed by atoms with Crippen LogP contribution >= 0.6 is 0 Å². The fraction of sp³-hybridized carbons (Fsp3) is 0.375. The molecule has 2 aromatic heterocycles. The van der Waals surface area contributed by atoms with Crippen LogP contribution in [0.25, 0.3) is 5.65 Å². The first-order valence-corrected chi connectivity index (χ1v) is 3.84. The Balaban J connectivity index is 2.94. The molecule has 12 heavy (non-hydrogen) atoms. The van der Waals surface area contributed by atoms with Crippen LogP contribution in [0.15, 0.2) is 6.33 Å². The van der Waals surface area contributed by atoms with Gasteiger partial charge in [-0.15, -0.1) is 10.2 Å². The predicted octanol–water partition coefficient (Wildman–Crippen LogP) is 1.05. The van der Waals surface area contributed by atoms with Gasteiger partial charge in [0.05, 0.1) is 5.69 Å². The van der Waals surface area contributed by atoms with Crippen molar-refractivity contribution in [2.45, 2.75) is 20.8 Å². The summed E-state index contributed by atoms with van der Waals surface area (Å²) in [6.45, 7) is 6.07. The molecule has 2 aromatic rings. The smallest absolute Gasteiger partial charge is 0.180 e. The van der Waals surface area contributed by atoms with Gasteiger partial charge in [-0.1, -0.05) is 0 Å². The molecular formula is C8H10N4. The molecule has 4 nitrogen and oxygen atoms in total. The molecule has 0 saturated heterocycles. The zero-order valence-electron chi connectivity index (χ0n) is 7.37. The van der Waals surface area contributed by atoms with Gasteiger partial charge in [0.15, 0.2) is 5.65 Å². The largest absolute Gasteiger partial charge is 0.200 e. The lowest BCUT2D eigenvalue weighted by Crippen LogP contribution is -1.99. The van der Waals surface area contributed by atoms with E-state index in [0.29, 0.717) is 0 Å². The predicted molar refractivity (Wildman–Crippen MR) is 45.0 cm³/mol. The Hall–Kier alpha value is -1.45. The summed E-state index contributed by atoms with van der Waals surface area (Å²) in [6, 6.07) is 0. The summed E-state index contributed by atoms with van der Waals surface area (Å²) in [5.74, 6) is 0. The topological polar surface area (TPSA) is 43.1 Å². The number of aromatic nitrogens is 4. The minimum atomic E-state index is 0.845. The molecule has 0 aromatic carbocycles. The van der Waals surface area contributed by atoms with Crippen molar-refractivity contribution in [3.63, 3.8) is 0 Å². The average molecular weight is 162 g/mol. The van der Waals surface area contributed by atoms with E-state index in [1.807, 2.05) is 20.8 Å². The molecule has 0 radical (unpaired) electrons. The van der Waals surface area contributed by atoms with E-state index in [-0.39, 0.29) is 0 Å². The molecule has 0 spiro atoms. The molecule has 0 atom stereocenters. The first kappa shape index (κ1) is 7.21. The Bertz CT molecular complexity index is 430. The summed E-state index contributed by atoms with van der Waals surface area (Å²) in [6.07, 6.45) is 1.62. The fourth-order valence-corrected chi connectivity index (χ4v) is 1.23. The highest BCUT2D eigenvalue weighted by atomic mass is 15.3. The minimum absolute atomic E-state index is 0.845. The van der Waals surface area contributed by atoms with Gasteiger partial charge in [-0.2, -0.15) is 5.10 Å². The maximum absolute atomic E-state index is 4.29.